The molecule has 0 bridgehead atoms. The molecule has 8 heteroatoms. The Morgan fingerprint density at radius 2 is 1.59 bits per heavy atom. The van der Waals surface area contributed by atoms with Gasteiger partial charge in [-0.2, -0.15) is 0 Å². The SMILES string of the molecule is Cc1cc(C)c(S(=O)(=O)Nc2cc(N3CCCS3(=O)=O)ccc2C)c(C)c1. The monoisotopic (exact) mass is 408 g/mol. The molecule has 0 unspecified atom stereocenters. The van der Waals surface area contributed by atoms with Gasteiger partial charge in [0.1, 0.15) is 0 Å². The first kappa shape index (κ1) is 19.7. The van der Waals surface area contributed by atoms with Crippen LogP contribution in [-0.2, 0) is 20.0 Å². The Bertz CT molecular complexity index is 1080. The maximum absolute atomic E-state index is 13.0. The highest BCUT2D eigenvalue weighted by Crippen LogP contribution is 2.31. The molecule has 0 amide bonds. The van der Waals surface area contributed by atoms with Crippen LogP contribution >= 0.6 is 0 Å². The standard InChI is InChI=1S/C19H24N2O4S2/c1-13-10-15(3)19(16(4)11-13)27(24,25)20-18-12-17(7-6-14(18)2)21-8-5-9-26(21,22)23/h6-7,10-12,20H,5,8-9H2,1-4H3. The van der Waals surface area contributed by atoms with Crippen molar-refractivity contribution >= 4 is 31.4 Å². The molecule has 1 N–H and O–H groups in total. The molecular formula is C19H24N2O4S2. The zero-order chi connectivity index (χ0) is 20.0. The van der Waals surface area contributed by atoms with Crippen LogP contribution in [0.4, 0.5) is 11.4 Å². The predicted molar refractivity (Wildman–Crippen MR) is 108 cm³/mol. The number of aryl methyl sites for hydroxylation is 4. The lowest BCUT2D eigenvalue weighted by Gasteiger charge is -2.20. The summed E-state index contributed by atoms with van der Waals surface area (Å²) in [6.07, 6.45) is 0.568. The number of nitrogens with zero attached hydrogens (tertiary/aromatic N) is 1. The van der Waals surface area contributed by atoms with Gasteiger partial charge in [-0.3, -0.25) is 9.03 Å². The molecule has 27 heavy (non-hydrogen) atoms. The normalized spacial score (nSPS) is 16.5. The zero-order valence-electron chi connectivity index (χ0n) is 15.9. The van der Waals surface area contributed by atoms with E-state index in [2.05, 4.69) is 4.72 Å². The van der Waals surface area contributed by atoms with Gasteiger partial charge in [0.15, 0.2) is 0 Å². The van der Waals surface area contributed by atoms with Crippen LogP contribution in [-0.4, -0.2) is 29.1 Å². The summed E-state index contributed by atoms with van der Waals surface area (Å²) in [5.74, 6) is 0.115. The third kappa shape index (κ3) is 3.82. The number of nitrogens with one attached hydrogen (secondary N) is 1. The van der Waals surface area contributed by atoms with Crippen LogP contribution in [0.3, 0.4) is 0 Å². The van der Waals surface area contributed by atoms with Crippen molar-refractivity contribution in [3.63, 3.8) is 0 Å². The molecule has 2 aromatic carbocycles. The van der Waals surface area contributed by atoms with E-state index in [0.29, 0.717) is 35.5 Å². The van der Waals surface area contributed by atoms with E-state index in [9.17, 15) is 16.8 Å². The van der Waals surface area contributed by atoms with Crippen molar-refractivity contribution in [1.29, 1.82) is 0 Å². The van der Waals surface area contributed by atoms with Gasteiger partial charge in [-0.05, 0) is 62.9 Å². The molecular weight excluding hydrogens is 384 g/mol. The van der Waals surface area contributed by atoms with Crippen LogP contribution in [0.25, 0.3) is 0 Å². The summed E-state index contributed by atoms with van der Waals surface area (Å²) in [5, 5.41) is 0. The Balaban J connectivity index is 2.02. The smallest absolute Gasteiger partial charge is 0.262 e. The molecule has 146 valence electrons. The van der Waals surface area contributed by atoms with E-state index in [1.165, 1.54) is 4.31 Å². The molecule has 0 radical (unpaired) electrons. The number of anilines is 2. The summed E-state index contributed by atoms with van der Waals surface area (Å²) in [5.41, 5.74) is 3.94. The third-order valence-corrected chi connectivity index (χ3v) is 8.27. The average Bonchev–Trinajstić information content (AvgIpc) is 2.87. The lowest BCUT2D eigenvalue weighted by atomic mass is 10.1. The van der Waals surface area contributed by atoms with Gasteiger partial charge in [0.2, 0.25) is 10.0 Å². The molecule has 1 fully saturated rings. The zero-order valence-corrected chi connectivity index (χ0v) is 17.5. The summed E-state index contributed by atoms with van der Waals surface area (Å²) >= 11 is 0. The van der Waals surface area contributed by atoms with E-state index in [1.54, 1.807) is 39.0 Å². The van der Waals surface area contributed by atoms with Crippen molar-refractivity contribution in [2.45, 2.75) is 39.0 Å². The summed E-state index contributed by atoms with van der Waals surface area (Å²) < 4.78 is 54.4. The highest BCUT2D eigenvalue weighted by molar-refractivity contribution is 7.93. The van der Waals surface area contributed by atoms with Crippen molar-refractivity contribution in [3.8, 4) is 0 Å². The number of hydrogen-bond donors (Lipinski definition) is 1. The van der Waals surface area contributed by atoms with Crippen LogP contribution in [0.1, 0.15) is 28.7 Å². The predicted octanol–water partition coefficient (Wildman–Crippen LogP) is 3.26. The van der Waals surface area contributed by atoms with E-state index < -0.39 is 20.0 Å². The van der Waals surface area contributed by atoms with Gasteiger partial charge >= 0.3 is 0 Å². The second-order valence-corrected chi connectivity index (χ2v) is 10.7. The van der Waals surface area contributed by atoms with Gasteiger partial charge in [0.05, 0.1) is 22.0 Å². The van der Waals surface area contributed by atoms with Crippen molar-refractivity contribution < 1.29 is 16.8 Å². The Morgan fingerprint density at radius 3 is 2.15 bits per heavy atom. The minimum atomic E-state index is -3.80. The quantitative estimate of drug-likeness (QED) is 0.842. The molecule has 0 aromatic heterocycles. The lowest BCUT2D eigenvalue weighted by Crippen LogP contribution is -2.25. The first-order valence-electron chi connectivity index (χ1n) is 8.73. The molecule has 1 aliphatic heterocycles. The van der Waals surface area contributed by atoms with Crippen molar-refractivity contribution in [3.05, 3.63) is 52.6 Å². The summed E-state index contributed by atoms with van der Waals surface area (Å²) in [4.78, 5) is 0.256. The molecule has 0 atom stereocenters. The molecule has 1 heterocycles. The Morgan fingerprint density at radius 1 is 0.963 bits per heavy atom. The van der Waals surface area contributed by atoms with Crippen LogP contribution in [0.5, 0.6) is 0 Å². The second-order valence-electron chi connectivity index (χ2n) is 7.07. The lowest BCUT2D eigenvalue weighted by molar-refractivity contribution is 0.598. The largest absolute Gasteiger partial charge is 0.279 e. The maximum atomic E-state index is 13.0. The van der Waals surface area contributed by atoms with Gasteiger partial charge in [-0.1, -0.05) is 23.8 Å². The van der Waals surface area contributed by atoms with Crippen molar-refractivity contribution in [1.82, 2.24) is 0 Å². The van der Waals surface area contributed by atoms with Gasteiger partial charge in [0.25, 0.3) is 10.0 Å². The van der Waals surface area contributed by atoms with Crippen LogP contribution in [0.15, 0.2) is 35.2 Å². The van der Waals surface area contributed by atoms with Gasteiger partial charge in [0, 0.05) is 6.54 Å². The first-order valence-corrected chi connectivity index (χ1v) is 11.8. The molecule has 6 nitrogen and oxygen atoms in total. The van der Waals surface area contributed by atoms with E-state index in [4.69, 9.17) is 0 Å². The number of benzene rings is 2. The molecule has 3 rings (SSSR count). The molecule has 2 aromatic rings. The third-order valence-electron chi connectivity index (χ3n) is 4.73. The Kier molecular flexibility index (Phi) is 4.98. The molecule has 1 saturated heterocycles. The van der Waals surface area contributed by atoms with Crippen LogP contribution in [0.2, 0.25) is 0 Å². The summed E-state index contributed by atoms with van der Waals surface area (Å²) in [6.45, 7) is 7.67. The van der Waals surface area contributed by atoms with Crippen LogP contribution < -0.4 is 9.03 Å². The van der Waals surface area contributed by atoms with E-state index in [1.807, 2.05) is 19.1 Å². The summed E-state index contributed by atoms with van der Waals surface area (Å²) in [6, 6.07) is 8.70. The number of hydrogen-bond acceptors (Lipinski definition) is 4. The Hall–Kier alpha value is -2.06. The van der Waals surface area contributed by atoms with Gasteiger partial charge < -0.3 is 0 Å². The highest BCUT2D eigenvalue weighted by atomic mass is 32.2. The molecule has 0 spiro atoms. The topological polar surface area (TPSA) is 83.6 Å². The molecule has 0 saturated carbocycles. The van der Waals surface area contributed by atoms with Crippen LogP contribution in [0, 0.1) is 27.7 Å². The van der Waals surface area contributed by atoms with E-state index in [0.717, 1.165) is 11.1 Å². The maximum Gasteiger partial charge on any atom is 0.262 e. The van der Waals surface area contributed by atoms with Gasteiger partial charge in [-0.15, -0.1) is 0 Å². The fraction of sp³-hybridized carbons (Fsp3) is 0.368. The Labute approximate surface area is 161 Å². The first-order chi connectivity index (χ1) is 12.5. The number of rotatable bonds is 4. The van der Waals surface area contributed by atoms with Crippen molar-refractivity contribution in [2.24, 2.45) is 0 Å². The highest BCUT2D eigenvalue weighted by Gasteiger charge is 2.29. The van der Waals surface area contributed by atoms with E-state index in [-0.39, 0.29) is 10.6 Å². The average molecular weight is 409 g/mol. The molecule has 1 aliphatic rings. The minimum absolute atomic E-state index is 0.115. The van der Waals surface area contributed by atoms with E-state index >= 15 is 0 Å². The second kappa shape index (κ2) is 6.83. The molecule has 0 aliphatic carbocycles. The summed E-state index contributed by atoms with van der Waals surface area (Å²) in [7, 11) is -7.13. The van der Waals surface area contributed by atoms with Gasteiger partial charge in [-0.25, -0.2) is 16.8 Å². The van der Waals surface area contributed by atoms with Crippen molar-refractivity contribution in [2.75, 3.05) is 21.3 Å². The fourth-order valence-electron chi connectivity index (χ4n) is 3.59. The number of sulfonamides is 2. The minimum Gasteiger partial charge on any atom is -0.279 e. The fourth-order valence-corrected chi connectivity index (χ4v) is 6.72.